The van der Waals surface area contributed by atoms with Crippen LogP contribution in [0.15, 0.2) is 36.5 Å². The summed E-state index contributed by atoms with van der Waals surface area (Å²) in [5.41, 5.74) is 0. The van der Waals surface area contributed by atoms with Gasteiger partial charge in [-0.05, 0) is 44.9 Å². The van der Waals surface area contributed by atoms with E-state index in [1.807, 2.05) is 0 Å². The van der Waals surface area contributed by atoms with E-state index in [9.17, 15) is 25.2 Å². The summed E-state index contributed by atoms with van der Waals surface area (Å²) in [4.78, 5) is 12.7. The molecule has 0 aromatic rings. The van der Waals surface area contributed by atoms with Crippen LogP contribution in [-0.4, -0.2) is 89.6 Å². The summed E-state index contributed by atoms with van der Waals surface area (Å²) in [7, 11) is 0. The van der Waals surface area contributed by atoms with Crippen LogP contribution in [0.1, 0.15) is 181 Å². The quantitative estimate of drug-likeness (QED) is 0.0277. The molecule has 0 aromatic heterocycles. The van der Waals surface area contributed by atoms with Crippen LogP contribution in [0.2, 0.25) is 0 Å². The molecule has 9 nitrogen and oxygen atoms in total. The van der Waals surface area contributed by atoms with Gasteiger partial charge >= 0.3 is 5.97 Å². The van der Waals surface area contributed by atoms with Crippen molar-refractivity contribution in [1.82, 2.24) is 0 Å². The maximum Gasteiger partial charge on any atom is 0.306 e. The molecule has 6 atom stereocenters. The largest absolute Gasteiger partial charge is 0.457 e. The average Bonchev–Trinajstić information content (AvgIpc) is 3.17. The summed E-state index contributed by atoms with van der Waals surface area (Å²) in [5, 5.41) is 40.1. The highest BCUT2D eigenvalue weighted by atomic mass is 16.7. The Morgan fingerprint density at radius 3 is 1.70 bits per heavy atom. The molecule has 1 heterocycles. The Balaban J connectivity index is 2.26. The van der Waals surface area contributed by atoms with Gasteiger partial charge < -0.3 is 39.4 Å². The first-order chi connectivity index (χ1) is 26.4. The second-order valence-electron chi connectivity index (χ2n) is 15.1. The van der Waals surface area contributed by atoms with Crippen LogP contribution < -0.4 is 0 Å². The zero-order chi connectivity index (χ0) is 39.3. The second-order valence-corrected chi connectivity index (χ2v) is 15.1. The number of aliphatic hydroxyl groups excluding tert-OH is 4. The van der Waals surface area contributed by atoms with Gasteiger partial charge in [0.15, 0.2) is 6.29 Å². The van der Waals surface area contributed by atoms with Crippen molar-refractivity contribution < 1.29 is 44.2 Å². The zero-order valence-corrected chi connectivity index (χ0v) is 34.5. The molecule has 9 heteroatoms. The lowest BCUT2D eigenvalue weighted by Gasteiger charge is -2.39. The van der Waals surface area contributed by atoms with E-state index in [2.05, 4.69) is 50.3 Å². The third-order valence-corrected chi connectivity index (χ3v) is 10.1. The number of hydrogen-bond donors (Lipinski definition) is 4. The second kappa shape index (κ2) is 37.0. The molecule has 0 saturated carbocycles. The van der Waals surface area contributed by atoms with Crippen molar-refractivity contribution in [2.24, 2.45) is 0 Å². The van der Waals surface area contributed by atoms with Crippen molar-refractivity contribution in [3.63, 3.8) is 0 Å². The van der Waals surface area contributed by atoms with E-state index in [0.717, 1.165) is 57.8 Å². The van der Waals surface area contributed by atoms with Crippen molar-refractivity contribution in [3.05, 3.63) is 36.5 Å². The molecule has 1 saturated heterocycles. The van der Waals surface area contributed by atoms with Crippen molar-refractivity contribution in [3.8, 4) is 0 Å². The first kappa shape index (κ1) is 50.4. The molecule has 1 aliphatic rings. The number of carbonyl (C=O) groups excluding carboxylic acids is 1. The Kier molecular flexibility index (Phi) is 34.6. The Bertz CT molecular complexity index is 921. The standard InChI is InChI=1S/C45H82O9/c1-3-5-7-9-11-13-15-17-18-19-20-21-23-25-27-29-31-33-35-51-37-39(38-52-45-44(50)43(49)42(48)40(36-46)54-45)53-41(47)34-32-30-28-26-24-22-16-14-12-10-8-6-4-2/h5,7,11,13,17-18,39-40,42-46,48-50H,3-4,6,8-10,12,14-16,19-38H2,1-2H3/b7-5-,13-11-,18-17-. The van der Waals surface area contributed by atoms with E-state index < -0.39 is 43.4 Å². The topological polar surface area (TPSA) is 135 Å². The zero-order valence-electron chi connectivity index (χ0n) is 34.5. The van der Waals surface area contributed by atoms with Crippen molar-refractivity contribution in [1.29, 1.82) is 0 Å². The van der Waals surface area contributed by atoms with Gasteiger partial charge in [0.25, 0.3) is 0 Å². The number of hydrogen-bond acceptors (Lipinski definition) is 9. The summed E-state index contributed by atoms with van der Waals surface area (Å²) in [6, 6.07) is 0. The van der Waals surface area contributed by atoms with Crippen LogP contribution in [0, 0.1) is 0 Å². The molecule has 6 unspecified atom stereocenters. The van der Waals surface area contributed by atoms with Crippen molar-refractivity contribution in [2.45, 2.75) is 218 Å². The summed E-state index contributed by atoms with van der Waals surface area (Å²) >= 11 is 0. The number of aliphatic hydroxyl groups is 4. The fourth-order valence-electron chi connectivity index (χ4n) is 6.62. The van der Waals surface area contributed by atoms with Crippen LogP contribution in [0.3, 0.4) is 0 Å². The summed E-state index contributed by atoms with van der Waals surface area (Å²) in [6.07, 6.45) is 35.9. The van der Waals surface area contributed by atoms with Gasteiger partial charge in [0, 0.05) is 13.0 Å². The molecule has 0 aromatic carbocycles. The summed E-state index contributed by atoms with van der Waals surface area (Å²) < 4.78 is 22.8. The molecule has 0 spiro atoms. The number of allylic oxidation sites excluding steroid dienone is 6. The number of rotatable bonds is 37. The number of unbranched alkanes of at least 4 members (excludes halogenated alkanes) is 20. The van der Waals surface area contributed by atoms with E-state index in [-0.39, 0.29) is 19.2 Å². The molecule has 1 fully saturated rings. The molecule has 316 valence electrons. The fourth-order valence-corrected chi connectivity index (χ4v) is 6.62. The SMILES string of the molecule is CC/C=C\C/C=C\C/C=C\CCCCCCCCCCOCC(COC1OC(CO)C(O)C(O)C1O)OC(=O)CCCCCCCCCCCCCCC. The van der Waals surface area contributed by atoms with E-state index in [1.165, 1.54) is 103 Å². The summed E-state index contributed by atoms with van der Waals surface area (Å²) in [5.74, 6) is -0.316. The Hall–Kier alpha value is -1.59. The van der Waals surface area contributed by atoms with Crippen LogP contribution in [0.4, 0.5) is 0 Å². The maximum absolute atomic E-state index is 12.7. The third-order valence-electron chi connectivity index (χ3n) is 10.1. The lowest BCUT2D eigenvalue weighted by molar-refractivity contribution is -0.305. The van der Waals surface area contributed by atoms with Gasteiger partial charge in [-0.15, -0.1) is 0 Å². The van der Waals surface area contributed by atoms with Crippen molar-refractivity contribution >= 4 is 5.97 Å². The monoisotopic (exact) mass is 767 g/mol. The molecular formula is C45H82O9. The van der Waals surface area contributed by atoms with Crippen LogP contribution in [0.25, 0.3) is 0 Å². The maximum atomic E-state index is 12.7. The smallest absolute Gasteiger partial charge is 0.306 e. The minimum absolute atomic E-state index is 0.114. The molecule has 1 aliphatic heterocycles. The highest BCUT2D eigenvalue weighted by Crippen LogP contribution is 2.22. The predicted octanol–water partition coefficient (Wildman–Crippen LogP) is 9.58. The summed E-state index contributed by atoms with van der Waals surface area (Å²) in [6.45, 7) is 4.44. The Morgan fingerprint density at radius 2 is 1.13 bits per heavy atom. The van der Waals surface area contributed by atoms with Gasteiger partial charge in [-0.2, -0.15) is 0 Å². The van der Waals surface area contributed by atoms with E-state index in [0.29, 0.717) is 13.0 Å². The predicted molar refractivity (Wildman–Crippen MR) is 219 cm³/mol. The van der Waals surface area contributed by atoms with Gasteiger partial charge in [-0.25, -0.2) is 0 Å². The fraction of sp³-hybridized carbons (Fsp3) is 0.844. The number of ether oxygens (including phenoxy) is 4. The van der Waals surface area contributed by atoms with Gasteiger partial charge in [0.2, 0.25) is 0 Å². The van der Waals surface area contributed by atoms with Gasteiger partial charge in [0.05, 0.1) is 19.8 Å². The highest BCUT2D eigenvalue weighted by Gasteiger charge is 2.44. The van der Waals surface area contributed by atoms with E-state index >= 15 is 0 Å². The number of esters is 1. The third kappa shape index (κ3) is 27.9. The molecule has 0 radical (unpaired) electrons. The minimum Gasteiger partial charge on any atom is -0.457 e. The van der Waals surface area contributed by atoms with Crippen LogP contribution in [-0.2, 0) is 23.7 Å². The molecule has 4 N–H and O–H groups in total. The van der Waals surface area contributed by atoms with Crippen LogP contribution >= 0.6 is 0 Å². The molecule has 0 bridgehead atoms. The molecule has 0 aliphatic carbocycles. The lowest BCUT2D eigenvalue weighted by Crippen LogP contribution is -2.59. The lowest BCUT2D eigenvalue weighted by atomic mass is 9.99. The van der Waals surface area contributed by atoms with Gasteiger partial charge in [0.1, 0.15) is 30.5 Å². The number of carbonyl (C=O) groups is 1. The molecule has 54 heavy (non-hydrogen) atoms. The average molecular weight is 767 g/mol. The Labute approximate surface area is 330 Å². The van der Waals surface area contributed by atoms with E-state index in [4.69, 9.17) is 18.9 Å². The van der Waals surface area contributed by atoms with Crippen molar-refractivity contribution in [2.75, 3.05) is 26.4 Å². The molecular weight excluding hydrogens is 684 g/mol. The van der Waals surface area contributed by atoms with Gasteiger partial charge in [-0.1, -0.05) is 166 Å². The Morgan fingerprint density at radius 1 is 0.611 bits per heavy atom. The minimum atomic E-state index is -1.54. The van der Waals surface area contributed by atoms with Gasteiger partial charge in [-0.3, -0.25) is 4.79 Å². The molecule has 1 rings (SSSR count). The first-order valence-corrected chi connectivity index (χ1v) is 22.1. The van der Waals surface area contributed by atoms with Crippen LogP contribution in [0.5, 0.6) is 0 Å². The highest BCUT2D eigenvalue weighted by molar-refractivity contribution is 5.69. The first-order valence-electron chi connectivity index (χ1n) is 22.1. The molecule has 0 amide bonds. The normalized spacial score (nSPS) is 21.2. The van der Waals surface area contributed by atoms with E-state index in [1.54, 1.807) is 0 Å².